The van der Waals surface area contributed by atoms with Crippen molar-refractivity contribution in [2.75, 3.05) is 20.2 Å². The van der Waals surface area contributed by atoms with E-state index in [4.69, 9.17) is 4.74 Å². The highest BCUT2D eigenvalue weighted by Crippen LogP contribution is 2.19. The van der Waals surface area contributed by atoms with Gasteiger partial charge >= 0.3 is 0 Å². The van der Waals surface area contributed by atoms with Crippen molar-refractivity contribution in [1.82, 2.24) is 9.88 Å². The number of H-pyrrole nitrogens is 1. The van der Waals surface area contributed by atoms with Crippen molar-refractivity contribution in [3.63, 3.8) is 0 Å². The molecule has 2 aromatic carbocycles. The van der Waals surface area contributed by atoms with Crippen molar-refractivity contribution >= 4 is 16.8 Å². The molecular weight excluding hydrogens is 319 g/mol. The minimum absolute atomic E-state index is 0.0439. The average Bonchev–Trinajstić information content (AvgIpc) is 3.04. The Balaban J connectivity index is 1.47. The van der Waals surface area contributed by atoms with E-state index in [9.17, 15) is 9.18 Å². The van der Waals surface area contributed by atoms with Crippen molar-refractivity contribution in [1.29, 1.82) is 0 Å². The second-order valence-corrected chi connectivity index (χ2v) is 5.95. The second kappa shape index (κ2) is 7.83. The molecule has 1 amide bonds. The topological polar surface area (TPSA) is 45.3 Å². The van der Waals surface area contributed by atoms with Crippen LogP contribution in [0.25, 0.3) is 10.9 Å². The molecule has 0 unspecified atom stereocenters. The van der Waals surface area contributed by atoms with E-state index in [-0.39, 0.29) is 18.3 Å². The number of amides is 1. The van der Waals surface area contributed by atoms with Crippen LogP contribution < -0.4 is 4.74 Å². The second-order valence-electron chi connectivity index (χ2n) is 5.95. The number of hydrogen-bond acceptors (Lipinski definition) is 2. The number of rotatable bonds is 7. The lowest BCUT2D eigenvalue weighted by molar-refractivity contribution is -0.130. The van der Waals surface area contributed by atoms with Crippen LogP contribution in [0.5, 0.6) is 5.75 Å². The van der Waals surface area contributed by atoms with E-state index in [1.54, 1.807) is 30.1 Å². The molecular formula is C20H21FN2O2. The zero-order valence-corrected chi connectivity index (χ0v) is 14.2. The van der Waals surface area contributed by atoms with Gasteiger partial charge < -0.3 is 14.6 Å². The number of aromatic amines is 1. The molecule has 1 N–H and O–H groups in total. The van der Waals surface area contributed by atoms with Crippen LogP contribution in [0.4, 0.5) is 4.39 Å². The number of aryl methyl sites for hydroxylation is 1. The minimum atomic E-state index is -0.393. The SMILES string of the molecule is CN(CCOc1ccccc1F)C(=O)CCc1c[nH]c2ccccc12. The summed E-state index contributed by atoms with van der Waals surface area (Å²) in [6, 6.07) is 14.3. The summed E-state index contributed by atoms with van der Waals surface area (Å²) in [7, 11) is 1.74. The van der Waals surface area contributed by atoms with Gasteiger partial charge in [-0.25, -0.2) is 4.39 Å². The monoisotopic (exact) mass is 340 g/mol. The Hall–Kier alpha value is -2.82. The predicted octanol–water partition coefficient (Wildman–Crippen LogP) is 3.78. The highest BCUT2D eigenvalue weighted by Gasteiger charge is 2.11. The molecule has 0 saturated carbocycles. The molecule has 1 heterocycles. The van der Waals surface area contributed by atoms with E-state index in [1.165, 1.54) is 6.07 Å². The fourth-order valence-corrected chi connectivity index (χ4v) is 2.75. The number of benzene rings is 2. The maximum absolute atomic E-state index is 13.5. The van der Waals surface area contributed by atoms with Gasteiger partial charge in [0.15, 0.2) is 11.6 Å². The number of para-hydroxylation sites is 2. The van der Waals surface area contributed by atoms with Gasteiger partial charge in [0.2, 0.25) is 5.91 Å². The molecule has 0 saturated heterocycles. The lowest BCUT2D eigenvalue weighted by Crippen LogP contribution is -2.31. The normalized spacial score (nSPS) is 10.8. The Morgan fingerprint density at radius 3 is 2.76 bits per heavy atom. The third-order valence-corrected chi connectivity index (χ3v) is 4.23. The van der Waals surface area contributed by atoms with Crippen LogP contribution in [0.3, 0.4) is 0 Å². The van der Waals surface area contributed by atoms with Crippen LogP contribution in [0.2, 0.25) is 0 Å². The first kappa shape index (κ1) is 17.0. The Bertz CT molecular complexity index is 860. The molecule has 0 aliphatic carbocycles. The Morgan fingerprint density at radius 2 is 1.92 bits per heavy atom. The number of ether oxygens (including phenoxy) is 1. The van der Waals surface area contributed by atoms with Crippen molar-refractivity contribution in [2.45, 2.75) is 12.8 Å². The molecule has 5 heteroatoms. The van der Waals surface area contributed by atoms with Crippen molar-refractivity contribution in [3.8, 4) is 5.75 Å². The summed E-state index contributed by atoms with van der Waals surface area (Å²) in [6.45, 7) is 0.678. The van der Waals surface area contributed by atoms with E-state index in [2.05, 4.69) is 11.1 Å². The standard InChI is InChI=1S/C20H21FN2O2/c1-23(12-13-25-19-9-5-3-7-17(19)21)20(24)11-10-15-14-22-18-8-4-2-6-16(15)18/h2-9,14,22H,10-13H2,1H3. The molecule has 0 bridgehead atoms. The fraction of sp³-hybridized carbons (Fsp3) is 0.250. The zero-order valence-electron chi connectivity index (χ0n) is 14.2. The van der Waals surface area contributed by atoms with Gasteiger partial charge in [-0.05, 0) is 30.2 Å². The number of halogens is 1. The summed E-state index contributed by atoms with van der Waals surface area (Å²) >= 11 is 0. The Morgan fingerprint density at radius 1 is 1.16 bits per heavy atom. The van der Waals surface area contributed by atoms with E-state index >= 15 is 0 Å². The predicted molar refractivity (Wildman–Crippen MR) is 96.2 cm³/mol. The summed E-state index contributed by atoms with van der Waals surface area (Å²) in [5.74, 6) is -0.139. The molecule has 0 fully saturated rings. The van der Waals surface area contributed by atoms with Gasteiger partial charge in [0, 0.05) is 30.6 Å². The van der Waals surface area contributed by atoms with Crippen molar-refractivity contribution in [3.05, 3.63) is 66.1 Å². The first-order valence-electron chi connectivity index (χ1n) is 8.31. The van der Waals surface area contributed by atoms with E-state index in [0.29, 0.717) is 19.4 Å². The van der Waals surface area contributed by atoms with E-state index in [1.807, 2.05) is 24.4 Å². The third kappa shape index (κ3) is 4.18. The maximum atomic E-state index is 13.5. The van der Waals surface area contributed by atoms with Gasteiger partial charge in [-0.1, -0.05) is 30.3 Å². The van der Waals surface area contributed by atoms with Crippen molar-refractivity contribution < 1.29 is 13.9 Å². The molecule has 3 aromatic rings. The summed E-state index contributed by atoms with van der Waals surface area (Å²) in [5.41, 5.74) is 2.22. The smallest absolute Gasteiger partial charge is 0.222 e. The highest BCUT2D eigenvalue weighted by molar-refractivity contribution is 5.84. The molecule has 1 aromatic heterocycles. The Kier molecular flexibility index (Phi) is 5.33. The van der Waals surface area contributed by atoms with Gasteiger partial charge in [0.1, 0.15) is 6.61 Å². The molecule has 3 rings (SSSR count). The van der Waals surface area contributed by atoms with Crippen LogP contribution in [0, 0.1) is 5.82 Å². The highest BCUT2D eigenvalue weighted by atomic mass is 19.1. The van der Waals surface area contributed by atoms with Gasteiger partial charge in [0.05, 0.1) is 6.54 Å². The maximum Gasteiger partial charge on any atom is 0.222 e. The number of carbonyl (C=O) groups excluding carboxylic acids is 1. The van der Waals surface area contributed by atoms with Crippen LogP contribution >= 0.6 is 0 Å². The number of nitrogens with zero attached hydrogens (tertiary/aromatic N) is 1. The van der Waals surface area contributed by atoms with Crippen LogP contribution in [0.1, 0.15) is 12.0 Å². The van der Waals surface area contributed by atoms with Gasteiger partial charge in [0.25, 0.3) is 0 Å². The van der Waals surface area contributed by atoms with Gasteiger partial charge in [-0.15, -0.1) is 0 Å². The average molecular weight is 340 g/mol. The van der Waals surface area contributed by atoms with Crippen LogP contribution in [0.15, 0.2) is 54.7 Å². The molecule has 25 heavy (non-hydrogen) atoms. The summed E-state index contributed by atoms with van der Waals surface area (Å²) < 4.78 is 18.9. The number of likely N-dealkylation sites (N-methyl/N-ethyl adjacent to an activating group) is 1. The van der Waals surface area contributed by atoms with Gasteiger partial charge in [-0.2, -0.15) is 0 Å². The molecule has 130 valence electrons. The van der Waals surface area contributed by atoms with E-state index in [0.717, 1.165) is 16.5 Å². The zero-order chi connectivity index (χ0) is 17.6. The number of nitrogens with one attached hydrogen (secondary N) is 1. The number of hydrogen-bond donors (Lipinski definition) is 1. The number of aromatic nitrogens is 1. The summed E-state index contributed by atoms with van der Waals surface area (Å²) in [5, 5.41) is 1.15. The minimum Gasteiger partial charge on any atom is -0.489 e. The lowest BCUT2D eigenvalue weighted by atomic mass is 10.1. The van der Waals surface area contributed by atoms with Gasteiger partial charge in [-0.3, -0.25) is 4.79 Å². The molecule has 0 radical (unpaired) electrons. The van der Waals surface area contributed by atoms with E-state index < -0.39 is 5.82 Å². The van der Waals surface area contributed by atoms with Crippen molar-refractivity contribution in [2.24, 2.45) is 0 Å². The molecule has 0 aliphatic heterocycles. The molecule has 0 atom stereocenters. The molecule has 4 nitrogen and oxygen atoms in total. The number of carbonyl (C=O) groups is 1. The fourth-order valence-electron chi connectivity index (χ4n) is 2.75. The quantitative estimate of drug-likeness (QED) is 0.711. The summed E-state index contributed by atoms with van der Waals surface area (Å²) in [6.07, 6.45) is 3.07. The first-order chi connectivity index (χ1) is 12.1. The largest absolute Gasteiger partial charge is 0.489 e. The molecule has 0 spiro atoms. The lowest BCUT2D eigenvalue weighted by Gasteiger charge is -2.17. The Labute approximate surface area is 146 Å². The van der Waals surface area contributed by atoms with Crippen LogP contribution in [-0.2, 0) is 11.2 Å². The first-order valence-corrected chi connectivity index (χ1v) is 8.31. The number of fused-ring (bicyclic) bond motifs is 1. The molecule has 0 aliphatic rings. The van der Waals surface area contributed by atoms with Crippen LogP contribution in [-0.4, -0.2) is 36.0 Å². The third-order valence-electron chi connectivity index (χ3n) is 4.23. The summed E-state index contributed by atoms with van der Waals surface area (Å²) in [4.78, 5) is 17.1.